The zero-order valence-electron chi connectivity index (χ0n) is 9.42. The average molecular weight is 223 g/mol. The summed E-state index contributed by atoms with van der Waals surface area (Å²) in [6.45, 7) is 3.57. The average Bonchev–Trinajstić information content (AvgIpc) is 2.33. The number of nitrogens with one attached hydrogen (secondary N) is 1. The fourth-order valence-electron chi connectivity index (χ4n) is 1.99. The van der Waals surface area contributed by atoms with E-state index in [-0.39, 0.29) is 5.82 Å². The highest BCUT2D eigenvalue weighted by Gasteiger charge is 2.12. The minimum atomic E-state index is -0.194. The molecule has 1 saturated heterocycles. The molecule has 1 aliphatic rings. The van der Waals surface area contributed by atoms with Gasteiger partial charge >= 0.3 is 0 Å². The summed E-state index contributed by atoms with van der Waals surface area (Å²) in [6.07, 6.45) is 2.49. The normalized spacial score (nSPS) is 20.9. The molecule has 88 valence electrons. The van der Waals surface area contributed by atoms with E-state index < -0.39 is 0 Å². The van der Waals surface area contributed by atoms with Crippen LogP contribution in [0.4, 0.5) is 4.39 Å². The molecule has 0 aliphatic carbocycles. The van der Waals surface area contributed by atoms with Gasteiger partial charge in [0.15, 0.2) is 0 Å². The molecule has 16 heavy (non-hydrogen) atoms. The predicted molar refractivity (Wildman–Crippen MR) is 61.6 cm³/mol. The minimum Gasteiger partial charge on any atom is -0.376 e. The summed E-state index contributed by atoms with van der Waals surface area (Å²) in [5.74, 6) is 0.439. The van der Waals surface area contributed by atoms with Crippen LogP contribution in [0.15, 0.2) is 24.3 Å². The zero-order chi connectivity index (χ0) is 11.2. The van der Waals surface area contributed by atoms with Crippen molar-refractivity contribution in [1.29, 1.82) is 0 Å². The summed E-state index contributed by atoms with van der Waals surface area (Å²) in [5.41, 5.74) is 1.03. The highest BCUT2D eigenvalue weighted by Crippen LogP contribution is 2.11. The molecule has 0 aromatic heterocycles. The van der Waals surface area contributed by atoms with Gasteiger partial charge in [-0.05, 0) is 43.0 Å². The number of benzene rings is 1. The second-order valence-electron chi connectivity index (χ2n) is 4.35. The van der Waals surface area contributed by atoms with E-state index in [2.05, 4.69) is 5.32 Å². The molecular weight excluding hydrogens is 205 g/mol. The van der Waals surface area contributed by atoms with E-state index in [0.717, 1.165) is 25.3 Å². The fourth-order valence-corrected chi connectivity index (χ4v) is 1.99. The molecule has 1 fully saturated rings. The second-order valence-corrected chi connectivity index (χ2v) is 4.35. The van der Waals surface area contributed by atoms with Crippen LogP contribution >= 0.6 is 0 Å². The maximum Gasteiger partial charge on any atom is 0.123 e. The molecule has 2 rings (SSSR count). The van der Waals surface area contributed by atoms with E-state index >= 15 is 0 Å². The monoisotopic (exact) mass is 223 g/mol. The van der Waals surface area contributed by atoms with E-state index in [9.17, 15) is 4.39 Å². The highest BCUT2D eigenvalue weighted by molar-refractivity contribution is 5.14. The Morgan fingerprint density at radius 1 is 1.31 bits per heavy atom. The van der Waals surface area contributed by atoms with Crippen molar-refractivity contribution in [3.8, 4) is 0 Å². The smallest absolute Gasteiger partial charge is 0.123 e. The van der Waals surface area contributed by atoms with Crippen molar-refractivity contribution in [3.63, 3.8) is 0 Å². The first kappa shape index (κ1) is 11.6. The van der Waals surface area contributed by atoms with E-state index in [1.165, 1.54) is 25.0 Å². The maximum atomic E-state index is 12.7. The Morgan fingerprint density at radius 3 is 2.81 bits per heavy atom. The van der Waals surface area contributed by atoms with Gasteiger partial charge in [-0.2, -0.15) is 0 Å². The Bertz CT molecular complexity index is 306. The van der Waals surface area contributed by atoms with Gasteiger partial charge in [0.1, 0.15) is 5.82 Å². The molecule has 0 unspecified atom stereocenters. The molecule has 0 radical (unpaired) electrons. The van der Waals surface area contributed by atoms with Crippen molar-refractivity contribution >= 4 is 0 Å². The number of rotatable bonds is 4. The summed E-state index contributed by atoms with van der Waals surface area (Å²) in [7, 11) is 0. The molecule has 1 aromatic carbocycles. The highest BCUT2D eigenvalue weighted by atomic mass is 19.1. The first-order valence-electron chi connectivity index (χ1n) is 5.87. The SMILES string of the molecule is Fc1ccc(COC[C@@H]2CCCNC2)cc1. The lowest BCUT2D eigenvalue weighted by molar-refractivity contribution is 0.0782. The largest absolute Gasteiger partial charge is 0.376 e. The van der Waals surface area contributed by atoms with Gasteiger partial charge < -0.3 is 10.1 Å². The number of hydrogen-bond donors (Lipinski definition) is 1. The van der Waals surface area contributed by atoms with Crippen LogP contribution in [0.2, 0.25) is 0 Å². The quantitative estimate of drug-likeness (QED) is 0.846. The van der Waals surface area contributed by atoms with Crippen LogP contribution < -0.4 is 5.32 Å². The molecule has 0 amide bonds. The molecule has 0 spiro atoms. The van der Waals surface area contributed by atoms with E-state index in [1.54, 1.807) is 12.1 Å². The summed E-state index contributed by atoms with van der Waals surface area (Å²) in [5, 5.41) is 3.36. The first-order valence-corrected chi connectivity index (χ1v) is 5.87. The lowest BCUT2D eigenvalue weighted by atomic mass is 10.0. The van der Waals surface area contributed by atoms with Crippen molar-refractivity contribution in [2.45, 2.75) is 19.4 Å². The maximum absolute atomic E-state index is 12.7. The predicted octanol–water partition coefficient (Wildman–Crippen LogP) is 2.34. The Hall–Kier alpha value is -0.930. The van der Waals surface area contributed by atoms with Gasteiger partial charge in [0.05, 0.1) is 13.2 Å². The third-order valence-corrected chi connectivity index (χ3v) is 2.93. The van der Waals surface area contributed by atoms with Gasteiger partial charge in [0.2, 0.25) is 0 Å². The molecule has 1 aromatic rings. The van der Waals surface area contributed by atoms with Gasteiger partial charge in [-0.15, -0.1) is 0 Å². The van der Waals surface area contributed by atoms with Crippen LogP contribution in [0, 0.1) is 11.7 Å². The van der Waals surface area contributed by atoms with Gasteiger partial charge in [0, 0.05) is 6.54 Å². The Balaban J connectivity index is 1.69. The summed E-state index contributed by atoms with van der Waals surface area (Å²) < 4.78 is 18.3. The van der Waals surface area contributed by atoms with E-state index in [4.69, 9.17) is 4.74 Å². The van der Waals surface area contributed by atoms with E-state index in [1.807, 2.05) is 0 Å². The van der Waals surface area contributed by atoms with E-state index in [0.29, 0.717) is 12.5 Å². The summed E-state index contributed by atoms with van der Waals surface area (Å²) in [4.78, 5) is 0. The third-order valence-electron chi connectivity index (χ3n) is 2.93. The zero-order valence-corrected chi connectivity index (χ0v) is 9.42. The van der Waals surface area contributed by atoms with Crippen molar-refractivity contribution in [2.24, 2.45) is 5.92 Å². The number of hydrogen-bond acceptors (Lipinski definition) is 2. The molecule has 0 saturated carbocycles. The van der Waals surface area contributed by atoms with Crippen LogP contribution in [0.1, 0.15) is 18.4 Å². The van der Waals surface area contributed by atoms with Crippen LogP contribution in [-0.2, 0) is 11.3 Å². The van der Waals surface area contributed by atoms with Crippen LogP contribution in [0.3, 0.4) is 0 Å². The second kappa shape index (κ2) is 5.97. The molecule has 1 N–H and O–H groups in total. The van der Waals surface area contributed by atoms with Crippen LogP contribution in [0.25, 0.3) is 0 Å². The summed E-state index contributed by atoms with van der Waals surface area (Å²) >= 11 is 0. The lowest BCUT2D eigenvalue weighted by Gasteiger charge is -2.22. The molecular formula is C13H18FNO. The third kappa shape index (κ3) is 3.58. The topological polar surface area (TPSA) is 21.3 Å². The number of ether oxygens (including phenoxy) is 1. The molecule has 1 atom stereocenters. The Labute approximate surface area is 95.8 Å². The van der Waals surface area contributed by atoms with Crippen LogP contribution in [0.5, 0.6) is 0 Å². The summed E-state index contributed by atoms with van der Waals surface area (Å²) in [6, 6.07) is 6.49. The minimum absolute atomic E-state index is 0.194. The Kier molecular flexibility index (Phi) is 4.31. The Morgan fingerprint density at radius 2 is 2.12 bits per heavy atom. The first-order chi connectivity index (χ1) is 7.84. The van der Waals surface area contributed by atoms with Crippen molar-refractivity contribution < 1.29 is 9.13 Å². The molecule has 1 heterocycles. The molecule has 1 aliphatic heterocycles. The van der Waals surface area contributed by atoms with Crippen LogP contribution in [-0.4, -0.2) is 19.7 Å². The number of halogens is 1. The van der Waals surface area contributed by atoms with Gasteiger partial charge in [-0.3, -0.25) is 0 Å². The fraction of sp³-hybridized carbons (Fsp3) is 0.538. The standard InChI is InChI=1S/C13H18FNO/c14-13-5-3-11(4-6-13)9-16-10-12-2-1-7-15-8-12/h3-6,12,15H,1-2,7-10H2/t12-/m1/s1. The molecule has 3 heteroatoms. The van der Waals surface area contributed by atoms with Gasteiger partial charge in [0.25, 0.3) is 0 Å². The van der Waals surface area contributed by atoms with Crippen molar-refractivity contribution in [3.05, 3.63) is 35.6 Å². The lowest BCUT2D eigenvalue weighted by Crippen LogP contribution is -2.32. The molecule has 2 nitrogen and oxygen atoms in total. The van der Waals surface area contributed by atoms with Gasteiger partial charge in [-0.25, -0.2) is 4.39 Å². The van der Waals surface area contributed by atoms with Crippen molar-refractivity contribution in [2.75, 3.05) is 19.7 Å². The molecule has 0 bridgehead atoms. The van der Waals surface area contributed by atoms with Gasteiger partial charge in [-0.1, -0.05) is 12.1 Å². The van der Waals surface area contributed by atoms with Crippen molar-refractivity contribution in [1.82, 2.24) is 5.32 Å². The number of piperidine rings is 1.